The van der Waals surface area contributed by atoms with Gasteiger partial charge in [0.15, 0.2) is 15.0 Å². The fraction of sp³-hybridized carbons (Fsp3) is 0.609. The summed E-state index contributed by atoms with van der Waals surface area (Å²) in [4.78, 5) is 32.8. The maximum Gasteiger partial charge on any atom is 0.408 e. The van der Waals surface area contributed by atoms with Crippen molar-refractivity contribution >= 4 is 50.1 Å². The molecule has 1 aromatic rings. The number of amides is 2. The van der Waals surface area contributed by atoms with E-state index in [9.17, 15) is 18.0 Å². The summed E-state index contributed by atoms with van der Waals surface area (Å²) in [6.07, 6.45) is -0.692. The van der Waals surface area contributed by atoms with Gasteiger partial charge in [-0.05, 0) is 65.3 Å². The van der Waals surface area contributed by atoms with Crippen molar-refractivity contribution in [1.82, 2.24) is 5.32 Å². The molecule has 0 unspecified atom stereocenters. The van der Waals surface area contributed by atoms with Crippen LogP contribution in [0.5, 0.6) is 0 Å². The molecule has 2 heterocycles. The molecule has 34 heavy (non-hydrogen) atoms. The molecule has 9 nitrogen and oxygen atoms in total. The van der Waals surface area contributed by atoms with Crippen LogP contribution in [-0.2, 0) is 19.4 Å². The summed E-state index contributed by atoms with van der Waals surface area (Å²) < 4.78 is 29.8. The van der Waals surface area contributed by atoms with Gasteiger partial charge in [-0.1, -0.05) is 11.8 Å². The lowest BCUT2D eigenvalue weighted by molar-refractivity contribution is -0.117. The number of alkyl carbamates (subject to hydrolysis) is 1. The Labute approximate surface area is 206 Å². The van der Waals surface area contributed by atoms with Crippen LogP contribution in [0.1, 0.15) is 40.2 Å². The van der Waals surface area contributed by atoms with E-state index < -0.39 is 27.4 Å². The van der Waals surface area contributed by atoms with Gasteiger partial charge in [-0.3, -0.25) is 4.79 Å². The second kappa shape index (κ2) is 10.2. The molecule has 1 aromatic carbocycles. The number of nitrogens with one attached hydrogen (secondary N) is 1. The monoisotopic (exact) mass is 510 g/mol. The lowest BCUT2D eigenvalue weighted by Gasteiger charge is -2.28. The first-order chi connectivity index (χ1) is 15.8. The van der Waals surface area contributed by atoms with Crippen molar-refractivity contribution in [2.75, 3.05) is 40.9 Å². The molecule has 11 heteroatoms. The lowest BCUT2D eigenvalue weighted by Crippen LogP contribution is -2.39. The zero-order valence-electron chi connectivity index (χ0n) is 20.6. The van der Waals surface area contributed by atoms with Crippen LogP contribution in [0.15, 0.2) is 23.2 Å². The molecule has 2 atom stereocenters. The average Bonchev–Trinajstić information content (AvgIpc) is 3.17. The molecule has 0 saturated carbocycles. The molecule has 3 rings (SSSR count). The van der Waals surface area contributed by atoms with Gasteiger partial charge in [0.1, 0.15) is 12.1 Å². The Morgan fingerprint density at radius 3 is 2.50 bits per heavy atom. The molecule has 2 aliphatic rings. The predicted molar refractivity (Wildman–Crippen MR) is 138 cm³/mol. The number of hydrogen-bond donors (Lipinski definition) is 1. The Kier molecular flexibility index (Phi) is 7.86. The number of ether oxygens (including phenoxy) is 1. The van der Waals surface area contributed by atoms with Crippen molar-refractivity contribution in [3.05, 3.63) is 23.8 Å². The second-order valence-electron chi connectivity index (χ2n) is 9.46. The van der Waals surface area contributed by atoms with E-state index in [1.54, 1.807) is 20.8 Å². The first kappa shape index (κ1) is 26.3. The highest BCUT2D eigenvalue weighted by molar-refractivity contribution is 8.16. The van der Waals surface area contributed by atoms with Crippen LogP contribution >= 0.6 is 11.8 Å². The minimum absolute atomic E-state index is 0.0191. The van der Waals surface area contributed by atoms with Crippen molar-refractivity contribution in [3.63, 3.8) is 0 Å². The van der Waals surface area contributed by atoms with Gasteiger partial charge < -0.3 is 19.9 Å². The lowest BCUT2D eigenvalue weighted by atomic mass is 10.1. The Morgan fingerprint density at radius 2 is 1.91 bits per heavy atom. The molecule has 2 saturated heterocycles. The number of hydrogen-bond acceptors (Lipinski definition) is 7. The number of fused-ring (bicyclic) bond motifs is 1. The van der Waals surface area contributed by atoms with Crippen LogP contribution in [0.3, 0.4) is 0 Å². The quantitative estimate of drug-likeness (QED) is 0.622. The third kappa shape index (κ3) is 6.24. The van der Waals surface area contributed by atoms with E-state index in [1.165, 1.54) is 11.8 Å². The highest BCUT2D eigenvalue weighted by Gasteiger charge is 2.49. The topological polar surface area (TPSA) is 108 Å². The molecule has 0 bridgehead atoms. The number of nitrogens with zero attached hydrogens (tertiary/aromatic N) is 3. The van der Waals surface area contributed by atoms with E-state index in [4.69, 9.17) is 4.74 Å². The van der Waals surface area contributed by atoms with Crippen LogP contribution in [0.25, 0.3) is 0 Å². The SMILES string of the molecule is CCN(CC)c1ccc(N2C(=NC(=O)CNC(=O)OC(C)(C)C)S[C@@H]3CS(=O)(=O)C[C@H]32)c(C)c1. The highest BCUT2D eigenvalue weighted by atomic mass is 32.2. The van der Waals surface area contributed by atoms with Crippen molar-refractivity contribution in [3.8, 4) is 0 Å². The van der Waals surface area contributed by atoms with Gasteiger partial charge >= 0.3 is 6.09 Å². The maximum atomic E-state index is 12.6. The highest BCUT2D eigenvalue weighted by Crippen LogP contribution is 2.42. The maximum absolute atomic E-state index is 12.6. The number of aryl methyl sites for hydroxylation is 1. The molecule has 188 valence electrons. The number of benzene rings is 1. The third-order valence-corrected chi connectivity index (χ3v) is 8.85. The number of rotatable bonds is 6. The first-order valence-electron chi connectivity index (χ1n) is 11.4. The number of aliphatic imine (C=N–C) groups is 1. The summed E-state index contributed by atoms with van der Waals surface area (Å²) in [5, 5.41) is 2.69. The molecular formula is C23H34N4O5S2. The van der Waals surface area contributed by atoms with Gasteiger partial charge in [0.2, 0.25) is 0 Å². The normalized spacial score (nSPS) is 22.5. The van der Waals surface area contributed by atoms with Crippen LogP contribution in [0.4, 0.5) is 16.2 Å². The summed E-state index contributed by atoms with van der Waals surface area (Å²) in [5.41, 5.74) is 2.22. The Bertz CT molecular complexity index is 1080. The van der Waals surface area contributed by atoms with Crippen LogP contribution in [0.2, 0.25) is 0 Å². The first-order valence-corrected chi connectivity index (χ1v) is 14.1. The van der Waals surface area contributed by atoms with Gasteiger partial charge in [0.05, 0.1) is 17.5 Å². The van der Waals surface area contributed by atoms with E-state index in [1.807, 2.05) is 24.0 Å². The molecule has 0 spiro atoms. The summed E-state index contributed by atoms with van der Waals surface area (Å²) in [6.45, 7) is 12.8. The van der Waals surface area contributed by atoms with E-state index >= 15 is 0 Å². The summed E-state index contributed by atoms with van der Waals surface area (Å²) in [7, 11) is -3.16. The molecule has 2 amide bonds. The second-order valence-corrected chi connectivity index (χ2v) is 12.8. The Morgan fingerprint density at radius 1 is 1.24 bits per heavy atom. The van der Waals surface area contributed by atoms with Crippen molar-refractivity contribution < 1.29 is 22.7 Å². The predicted octanol–water partition coefficient (Wildman–Crippen LogP) is 2.97. The largest absolute Gasteiger partial charge is 0.444 e. The minimum Gasteiger partial charge on any atom is -0.444 e. The minimum atomic E-state index is -3.16. The number of carbonyl (C=O) groups is 2. The van der Waals surface area contributed by atoms with Gasteiger partial charge in [-0.15, -0.1) is 0 Å². The number of amidine groups is 1. The van der Waals surface area contributed by atoms with E-state index in [0.717, 1.165) is 30.0 Å². The number of thioether (sulfide) groups is 1. The van der Waals surface area contributed by atoms with Crippen LogP contribution in [0, 0.1) is 6.92 Å². The van der Waals surface area contributed by atoms with Gasteiger partial charge in [0, 0.05) is 29.7 Å². The van der Waals surface area contributed by atoms with E-state index in [0.29, 0.717) is 5.17 Å². The summed E-state index contributed by atoms with van der Waals surface area (Å²) in [6, 6.07) is 5.77. The molecule has 2 aliphatic heterocycles. The van der Waals surface area contributed by atoms with Gasteiger partial charge in [-0.2, -0.15) is 4.99 Å². The number of carbonyl (C=O) groups excluding carboxylic acids is 2. The standard InChI is InChI=1S/C23H34N4O5S2/c1-7-26(8-2)16-9-10-17(15(3)11-16)27-18-13-34(30,31)14-19(18)33-21(27)25-20(28)12-24-22(29)32-23(4,5)6/h9-11,18-19H,7-8,12-14H2,1-6H3,(H,24,29)/t18-,19-/m1/s1. The van der Waals surface area contributed by atoms with Crippen LogP contribution < -0.4 is 15.1 Å². The van der Waals surface area contributed by atoms with Crippen LogP contribution in [-0.4, -0.2) is 73.6 Å². The molecule has 0 aromatic heterocycles. The van der Waals surface area contributed by atoms with Gasteiger partial charge in [-0.25, -0.2) is 13.2 Å². The van der Waals surface area contributed by atoms with Crippen molar-refractivity contribution in [1.29, 1.82) is 0 Å². The van der Waals surface area contributed by atoms with Gasteiger partial charge in [0.25, 0.3) is 5.91 Å². The van der Waals surface area contributed by atoms with E-state index in [2.05, 4.69) is 35.1 Å². The zero-order chi connectivity index (χ0) is 25.3. The zero-order valence-corrected chi connectivity index (χ0v) is 22.3. The smallest absolute Gasteiger partial charge is 0.408 e. The molecule has 1 N–H and O–H groups in total. The summed E-state index contributed by atoms with van der Waals surface area (Å²) in [5.74, 6) is -0.456. The number of sulfone groups is 1. The van der Waals surface area contributed by atoms with Crippen molar-refractivity contribution in [2.45, 2.75) is 58.4 Å². The Hall–Kier alpha value is -2.27. The fourth-order valence-electron chi connectivity index (χ4n) is 4.15. The molecule has 0 radical (unpaired) electrons. The third-order valence-electron chi connectivity index (χ3n) is 5.64. The average molecular weight is 511 g/mol. The Balaban J connectivity index is 1.86. The van der Waals surface area contributed by atoms with Crippen molar-refractivity contribution in [2.24, 2.45) is 4.99 Å². The fourth-order valence-corrected chi connectivity index (χ4v) is 8.07. The molecule has 0 aliphatic carbocycles. The van der Waals surface area contributed by atoms with E-state index in [-0.39, 0.29) is 29.3 Å². The molecular weight excluding hydrogens is 476 g/mol. The molecule has 2 fully saturated rings. The number of anilines is 2. The summed E-state index contributed by atoms with van der Waals surface area (Å²) >= 11 is 1.31.